The monoisotopic (exact) mass is 253 g/mol. The van der Waals surface area contributed by atoms with Gasteiger partial charge in [-0.1, -0.05) is 0 Å². The molecule has 6 heteroatoms. The average molecular weight is 253 g/mol. The normalized spacial score (nSPS) is 11.0. The Labute approximate surface area is 107 Å². The maximum atomic E-state index is 5.58. The summed E-state index contributed by atoms with van der Waals surface area (Å²) in [5, 5.41) is 2.96. The summed E-state index contributed by atoms with van der Waals surface area (Å²) < 4.78 is 15.7. The van der Waals surface area contributed by atoms with Crippen LogP contribution in [0, 0.1) is 0 Å². The van der Waals surface area contributed by atoms with Crippen LogP contribution in [0.25, 0.3) is 0 Å². The quantitative estimate of drug-likeness (QED) is 0.598. The van der Waals surface area contributed by atoms with E-state index in [1.54, 1.807) is 34.4 Å². The molecular formula is C12H19N3O3. The summed E-state index contributed by atoms with van der Waals surface area (Å²) in [7, 11) is 6.39. The molecule has 18 heavy (non-hydrogen) atoms. The van der Waals surface area contributed by atoms with Gasteiger partial charge >= 0.3 is 0 Å². The minimum Gasteiger partial charge on any atom is -0.496 e. The second kappa shape index (κ2) is 6.58. The van der Waals surface area contributed by atoms with Crippen molar-refractivity contribution in [2.75, 3.05) is 28.4 Å². The molecule has 0 fully saturated rings. The zero-order valence-electron chi connectivity index (χ0n) is 11.1. The molecule has 0 atom stereocenters. The highest BCUT2D eigenvalue weighted by atomic mass is 16.5. The summed E-state index contributed by atoms with van der Waals surface area (Å²) in [6.07, 6.45) is 0. The third-order valence-electron chi connectivity index (χ3n) is 2.49. The smallest absolute Gasteiger partial charge is 0.188 e. The first kappa shape index (κ1) is 14.0. The standard InChI is InChI=1S/C12H19N3O3/c1-14-12(13)15-7-8-5-10(17-3)11(18-4)6-9(8)16-2/h5-6H,7H2,1-4H3,(H3,13,14,15). The van der Waals surface area contributed by atoms with E-state index in [1.807, 2.05) is 6.07 Å². The molecule has 0 saturated carbocycles. The fraction of sp³-hybridized carbons (Fsp3) is 0.417. The van der Waals surface area contributed by atoms with Crippen molar-refractivity contribution in [3.05, 3.63) is 17.7 Å². The van der Waals surface area contributed by atoms with Crippen molar-refractivity contribution >= 4 is 5.96 Å². The Hall–Kier alpha value is -2.11. The maximum Gasteiger partial charge on any atom is 0.188 e. The second-order valence-corrected chi connectivity index (χ2v) is 3.48. The summed E-state index contributed by atoms with van der Waals surface area (Å²) in [6, 6.07) is 3.61. The molecule has 1 rings (SSSR count). The number of aliphatic imine (C=N–C) groups is 1. The highest BCUT2D eigenvalue weighted by molar-refractivity contribution is 5.77. The molecular weight excluding hydrogens is 234 g/mol. The zero-order valence-corrected chi connectivity index (χ0v) is 11.1. The van der Waals surface area contributed by atoms with Crippen LogP contribution in [0.1, 0.15) is 5.56 Å². The molecule has 0 heterocycles. The van der Waals surface area contributed by atoms with E-state index in [-0.39, 0.29) is 0 Å². The van der Waals surface area contributed by atoms with Crippen LogP contribution in [0.3, 0.4) is 0 Å². The molecule has 6 nitrogen and oxygen atoms in total. The molecule has 100 valence electrons. The number of guanidine groups is 1. The van der Waals surface area contributed by atoms with E-state index in [0.29, 0.717) is 29.8 Å². The number of nitrogens with one attached hydrogen (secondary N) is 1. The van der Waals surface area contributed by atoms with Crippen LogP contribution < -0.4 is 25.3 Å². The Balaban J connectivity index is 3.01. The molecule has 0 radical (unpaired) electrons. The number of benzene rings is 1. The molecule has 0 aliphatic heterocycles. The highest BCUT2D eigenvalue weighted by Crippen LogP contribution is 2.34. The van der Waals surface area contributed by atoms with Gasteiger partial charge in [-0.15, -0.1) is 0 Å². The molecule has 0 spiro atoms. The minimum atomic E-state index is 0.367. The molecule has 0 bridgehead atoms. The lowest BCUT2D eigenvalue weighted by molar-refractivity contribution is 0.347. The predicted octanol–water partition coefficient (Wildman–Crippen LogP) is 0.746. The van der Waals surface area contributed by atoms with Crippen LogP contribution in [0.5, 0.6) is 17.2 Å². The van der Waals surface area contributed by atoms with E-state index >= 15 is 0 Å². The van der Waals surface area contributed by atoms with Gasteiger partial charge in [-0.3, -0.25) is 4.99 Å². The van der Waals surface area contributed by atoms with Gasteiger partial charge in [0.1, 0.15) is 5.75 Å². The number of ether oxygens (including phenoxy) is 3. The van der Waals surface area contributed by atoms with Crippen molar-refractivity contribution in [3.8, 4) is 17.2 Å². The average Bonchev–Trinajstić information content (AvgIpc) is 2.43. The summed E-state index contributed by atoms with van der Waals surface area (Å²) in [5.74, 6) is 2.33. The van der Waals surface area contributed by atoms with Crippen LogP contribution in [0.15, 0.2) is 17.1 Å². The van der Waals surface area contributed by atoms with Gasteiger partial charge in [0.05, 0.1) is 21.3 Å². The first-order chi connectivity index (χ1) is 8.65. The van der Waals surface area contributed by atoms with E-state index in [1.165, 1.54) is 0 Å². The number of hydrogen-bond donors (Lipinski definition) is 2. The molecule has 0 unspecified atom stereocenters. The lowest BCUT2D eigenvalue weighted by Gasteiger charge is -2.14. The van der Waals surface area contributed by atoms with E-state index < -0.39 is 0 Å². The lowest BCUT2D eigenvalue weighted by atomic mass is 10.1. The van der Waals surface area contributed by atoms with Crippen LogP contribution >= 0.6 is 0 Å². The number of nitrogens with zero attached hydrogens (tertiary/aromatic N) is 1. The van der Waals surface area contributed by atoms with Crippen molar-refractivity contribution in [2.24, 2.45) is 10.7 Å². The van der Waals surface area contributed by atoms with Crippen molar-refractivity contribution in [1.29, 1.82) is 0 Å². The van der Waals surface area contributed by atoms with Crippen molar-refractivity contribution in [2.45, 2.75) is 6.54 Å². The number of hydrogen-bond acceptors (Lipinski definition) is 4. The number of methoxy groups -OCH3 is 3. The molecule has 1 aromatic rings. The highest BCUT2D eigenvalue weighted by Gasteiger charge is 2.11. The molecule has 0 saturated heterocycles. The van der Waals surface area contributed by atoms with Crippen LogP contribution in [0.2, 0.25) is 0 Å². The SMILES string of the molecule is CN=C(N)NCc1cc(OC)c(OC)cc1OC. The number of nitrogens with two attached hydrogens (primary N) is 1. The van der Waals surface area contributed by atoms with Crippen LogP contribution in [0.4, 0.5) is 0 Å². The molecule has 0 aromatic heterocycles. The van der Waals surface area contributed by atoms with Crippen LogP contribution in [-0.4, -0.2) is 34.3 Å². The Kier molecular flexibility index (Phi) is 5.10. The molecule has 1 aromatic carbocycles. The van der Waals surface area contributed by atoms with Gasteiger partial charge in [0.2, 0.25) is 0 Å². The van der Waals surface area contributed by atoms with E-state index in [9.17, 15) is 0 Å². The first-order valence-corrected chi connectivity index (χ1v) is 5.41. The summed E-state index contributed by atoms with van der Waals surface area (Å²) in [4.78, 5) is 3.82. The second-order valence-electron chi connectivity index (χ2n) is 3.48. The van der Waals surface area contributed by atoms with Gasteiger partial charge in [0.15, 0.2) is 17.5 Å². The Morgan fingerprint density at radius 3 is 2.17 bits per heavy atom. The largest absolute Gasteiger partial charge is 0.496 e. The molecule has 3 N–H and O–H groups in total. The Bertz CT molecular complexity index is 433. The molecule has 0 aliphatic rings. The topological polar surface area (TPSA) is 78.1 Å². The van der Waals surface area contributed by atoms with Gasteiger partial charge < -0.3 is 25.3 Å². The fourth-order valence-corrected chi connectivity index (χ4v) is 1.50. The van der Waals surface area contributed by atoms with Crippen LogP contribution in [-0.2, 0) is 6.54 Å². The van der Waals surface area contributed by atoms with E-state index in [2.05, 4.69) is 10.3 Å². The van der Waals surface area contributed by atoms with Gasteiger partial charge in [-0.2, -0.15) is 0 Å². The van der Waals surface area contributed by atoms with Gasteiger partial charge in [-0.05, 0) is 6.07 Å². The van der Waals surface area contributed by atoms with E-state index in [4.69, 9.17) is 19.9 Å². The van der Waals surface area contributed by atoms with E-state index in [0.717, 1.165) is 5.56 Å². The zero-order chi connectivity index (χ0) is 13.5. The first-order valence-electron chi connectivity index (χ1n) is 5.41. The van der Waals surface area contributed by atoms with Crippen molar-refractivity contribution in [3.63, 3.8) is 0 Å². The molecule has 0 aliphatic carbocycles. The fourth-order valence-electron chi connectivity index (χ4n) is 1.50. The third kappa shape index (κ3) is 3.19. The summed E-state index contributed by atoms with van der Waals surface area (Å²) >= 11 is 0. The number of rotatable bonds is 5. The third-order valence-corrected chi connectivity index (χ3v) is 2.49. The van der Waals surface area contributed by atoms with Gasteiger partial charge in [-0.25, -0.2) is 0 Å². The maximum absolute atomic E-state index is 5.58. The molecule has 0 amide bonds. The van der Waals surface area contributed by atoms with Crippen molar-refractivity contribution < 1.29 is 14.2 Å². The van der Waals surface area contributed by atoms with Crippen molar-refractivity contribution in [1.82, 2.24) is 5.32 Å². The predicted molar refractivity (Wildman–Crippen MR) is 70.5 cm³/mol. The minimum absolute atomic E-state index is 0.367. The van der Waals surface area contributed by atoms with Gasteiger partial charge in [0.25, 0.3) is 0 Å². The Morgan fingerprint density at radius 1 is 1.11 bits per heavy atom. The van der Waals surface area contributed by atoms with Gasteiger partial charge in [0, 0.05) is 25.2 Å². The summed E-state index contributed by atoms with van der Waals surface area (Å²) in [5.41, 5.74) is 6.49. The Morgan fingerprint density at radius 2 is 1.67 bits per heavy atom. The summed E-state index contributed by atoms with van der Waals surface area (Å²) in [6.45, 7) is 0.493. The lowest BCUT2D eigenvalue weighted by Crippen LogP contribution is -2.30.